The highest BCUT2D eigenvalue weighted by Gasteiger charge is 2.07. The molecule has 74 valence electrons. The average molecular weight is 206 g/mol. The van der Waals surface area contributed by atoms with Crippen molar-refractivity contribution < 1.29 is 0 Å². The first-order valence-corrected chi connectivity index (χ1v) is 4.58. The Hall–Kier alpha value is -2.72. The zero-order valence-electron chi connectivity index (χ0n) is 8.25. The second kappa shape index (κ2) is 4.20. The summed E-state index contributed by atoms with van der Waals surface area (Å²) < 4.78 is 0. The zero-order chi connectivity index (χ0) is 11.4. The molecule has 0 saturated heterocycles. The number of nitriles is 2. The summed E-state index contributed by atoms with van der Waals surface area (Å²) in [4.78, 5) is 8.20. The van der Waals surface area contributed by atoms with E-state index in [0.29, 0.717) is 22.6 Å². The van der Waals surface area contributed by atoms with Gasteiger partial charge in [0.05, 0.1) is 11.3 Å². The molecule has 0 aromatic carbocycles. The summed E-state index contributed by atoms with van der Waals surface area (Å²) in [6.45, 7) is 0. The summed E-state index contributed by atoms with van der Waals surface area (Å²) in [5.41, 5.74) is 1.80. The fourth-order valence-electron chi connectivity index (χ4n) is 1.33. The molecule has 4 heteroatoms. The molecule has 0 atom stereocenters. The highest BCUT2D eigenvalue weighted by Crippen LogP contribution is 2.18. The zero-order valence-corrected chi connectivity index (χ0v) is 8.25. The molecule has 2 heterocycles. The van der Waals surface area contributed by atoms with E-state index in [1.54, 1.807) is 36.5 Å². The Morgan fingerprint density at radius 3 is 2.62 bits per heavy atom. The van der Waals surface area contributed by atoms with Crippen LogP contribution in [0.5, 0.6) is 0 Å². The van der Waals surface area contributed by atoms with Crippen LogP contribution in [0, 0.1) is 22.7 Å². The number of aromatic nitrogens is 2. The molecule has 0 spiro atoms. The molecule has 0 aliphatic rings. The Kier molecular flexibility index (Phi) is 2.58. The van der Waals surface area contributed by atoms with Crippen molar-refractivity contribution in [3.8, 4) is 23.5 Å². The lowest BCUT2D eigenvalue weighted by atomic mass is 10.1. The molecule has 16 heavy (non-hydrogen) atoms. The quantitative estimate of drug-likeness (QED) is 0.714. The first-order valence-electron chi connectivity index (χ1n) is 4.58. The predicted octanol–water partition coefficient (Wildman–Crippen LogP) is 1.89. The van der Waals surface area contributed by atoms with Gasteiger partial charge in [-0.15, -0.1) is 0 Å². The minimum Gasteiger partial charge on any atom is -0.253 e. The number of hydrogen-bond donors (Lipinski definition) is 0. The molecule has 0 radical (unpaired) electrons. The van der Waals surface area contributed by atoms with Crippen LogP contribution in [0.25, 0.3) is 11.4 Å². The molecule has 2 aromatic heterocycles. The lowest BCUT2D eigenvalue weighted by molar-refractivity contribution is 1.21. The Bertz CT molecular complexity index is 605. The van der Waals surface area contributed by atoms with Crippen LogP contribution in [0.15, 0.2) is 36.5 Å². The smallest absolute Gasteiger partial charge is 0.141 e. The standard InChI is InChI=1S/C12H6N4/c13-7-9-3-2-6-15-12(9)11-5-1-4-10(8-14)16-11/h1-6H. The van der Waals surface area contributed by atoms with Crippen molar-refractivity contribution in [2.24, 2.45) is 0 Å². The van der Waals surface area contributed by atoms with Gasteiger partial charge < -0.3 is 0 Å². The van der Waals surface area contributed by atoms with E-state index in [1.165, 1.54) is 0 Å². The van der Waals surface area contributed by atoms with Gasteiger partial charge in [0, 0.05) is 6.20 Å². The summed E-state index contributed by atoms with van der Waals surface area (Å²) in [5, 5.41) is 17.7. The van der Waals surface area contributed by atoms with Crippen LogP contribution < -0.4 is 0 Å². The second-order valence-electron chi connectivity index (χ2n) is 3.03. The number of pyridine rings is 2. The van der Waals surface area contributed by atoms with E-state index in [1.807, 2.05) is 12.1 Å². The maximum atomic E-state index is 8.92. The summed E-state index contributed by atoms with van der Waals surface area (Å²) in [5.74, 6) is 0. The van der Waals surface area contributed by atoms with E-state index >= 15 is 0 Å². The minimum absolute atomic E-state index is 0.312. The molecule has 0 fully saturated rings. The molecule has 0 unspecified atom stereocenters. The van der Waals surface area contributed by atoms with Crippen LogP contribution in [0.4, 0.5) is 0 Å². The summed E-state index contributed by atoms with van der Waals surface area (Å²) >= 11 is 0. The topological polar surface area (TPSA) is 73.4 Å². The van der Waals surface area contributed by atoms with Crippen LogP contribution in [0.1, 0.15) is 11.3 Å². The molecule has 4 nitrogen and oxygen atoms in total. The van der Waals surface area contributed by atoms with E-state index in [2.05, 4.69) is 9.97 Å². The van der Waals surface area contributed by atoms with Gasteiger partial charge in [0.15, 0.2) is 0 Å². The third-order valence-electron chi connectivity index (χ3n) is 2.03. The largest absolute Gasteiger partial charge is 0.253 e. The van der Waals surface area contributed by atoms with Gasteiger partial charge in [-0.05, 0) is 24.3 Å². The lowest BCUT2D eigenvalue weighted by Gasteiger charge is -2.01. The van der Waals surface area contributed by atoms with Gasteiger partial charge >= 0.3 is 0 Å². The van der Waals surface area contributed by atoms with Gasteiger partial charge in [-0.2, -0.15) is 10.5 Å². The van der Waals surface area contributed by atoms with E-state index in [0.717, 1.165) is 0 Å². The summed E-state index contributed by atoms with van der Waals surface area (Å²) in [6.07, 6.45) is 1.59. The molecular weight excluding hydrogens is 200 g/mol. The van der Waals surface area contributed by atoms with Crippen LogP contribution in [0.3, 0.4) is 0 Å². The summed E-state index contributed by atoms with van der Waals surface area (Å²) in [6, 6.07) is 12.4. The Morgan fingerprint density at radius 2 is 1.88 bits per heavy atom. The van der Waals surface area contributed by atoms with Crippen molar-refractivity contribution in [1.82, 2.24) is 9.97 Å². The van der Waals surface area contributed by atoms with E-state index in [-0.39, 0.29) is 0 Å². The maximum Gasteiger partial charge on any atom is 0.141 e. The molecule has 2 aromatic rings. The number of rotatable bonds is 1. The van der Waals surface area contributed by atoms with Crippen LogP contribution in [0.2, 0.25) is 0 Å². The van der Waals surface area contributed by atoms with E-state index in [9.17, 15) is 0 Å². The van der Waals surface area contributed by atoms with Gasteiger partial charge in [0.2, 0.25) is 0 Å². The number of nitrogens with zero attached hydrogens (tertiary/aromatic N) is 4. The Morgan fingerprint density at radius 1 is 1.00 bits per heavy atom. The van der Waals surface area contributed by atoms with Crippen LogP contribution in [-0.2, 0) is 0 Å². The van der Waals surface area contributed by atoms with Crippen molar-refractivity contribution in [2.45, 2.75) is 0 Å². The van der Waals surface area contributed by atoms with E-state index in [4.69, 9.17) is 10.5 Å². The van der Waals surface area contributed by atoms with Crippen molar-refractivity contribution in [2.75, 3.05) is 0 Å². The first kappa shape index (κ1) is 9.82. The second-order valence-corrected chi connectivity index (χ2v) is 3.03. The lowest BCUT2D eigenvalue weighted by Crippen LogP contribution is -1.92. The fraction of sp³-hybridized carbons (Fsp3) is 0. The Labute approximate surface area is 92.4 Å². The molecule has 0 amide bonds. The molecule has 0 aliphatic carbocycles. The molecule has 0 bridgehead atoms. The van der Waals surface area contributed by atoms with Crippen molar-refractivity contribution in [3.05, 3.63) is 47.8 Å². The van der Waals surface area contributed by atoms with Gasteiger partial charge in [-0.25, -0.2) is 4.98 Å². The molecule has 0 N–H and O–H groups in total. The van der Waals surface area contributed by atoms with Gasteiger partial charge in [0.25, 0.3) is 0 Å². The van der Waals surface area contributed by atoms with Crippen molar-refractivity contribution in [1.29, 1.82) is 10.5 Å². The third-order valence-corrected chi connectivity index (χ3v) is 2.03. The average Bonchev–Trinajstić information content (AvgIpc) is 2.38. The minimum atomic E-state index is 0.312. The first-order chi connectivity index (χ1) is 7.85. The fourth-order valence-corrected chi connectivity index (χ4v) is 1.33. The summed E-state index contributed by atoms with van der Waals surface area (Å²) in [7, 11) is 0. The predicted molar refractivity (Wildman–Crippen MR) is 56.9 cm³/mol. The van der Waals surface area contributed by atoms with Gasteiger partial charge in [-0.1, -0.05) is 6.07 Å². The molecule has 0 aliphatic heterocycles. The van der Waals surface area contributed by atoms with E-state index < -0.39 is 0 Å². The van der Waals surface area contributed by atoms with Crippen LogP contribution >= 0.6 is 0 Å². The third kappa shape index (κ3) is 1.73. The monoisotopic (exact) mass is 206 g/mol. The van der Waals surface area contributed by atoms with Crippen molar-refractivity contribution >= 4 is 0 Å². The Balaban J connectivity index is 2.60. The van der Waals surface area contributed by atoms with Gasteiger partial charge in [-0.3, -0.25) is 4.98 Å². The normalized spacial score (nSPS) is 9.12. The number of hydrogen-bond acceptors (Lipinski definition) is 4. The molecule has 2 rings (SSSR count). The highest BCUT2D eigenvalue weighted by atomic mass is 14.8. The van der Waals surface area contributed by atoms with Crippen molar-refractivity contribution in [3.63, 3.8) is 0 Å². The highest BCUT2D eigenvalue weighted by molar-refractivity contribution is 5.62. The SMILES string of the molecule is N#Cc1cccc(-c2ncccc2C#N)n1. The molecular formula is C12H6N4. The maximum absolute atomic E-state index is 8.92. The van der Waals surface area contributed by atoms with Gasteiger partial charge in [0.1, 0.15) is 23.5 Å². The van der Waals surface area contributed by atoms with Crippen LogP contribution in [-0.4, -0.2) is 9.97 Å². The molecule has 0 saturated carbocycles.